The Hall–Kier alpha value is -2.32. The van der Waals surface area contributed by atoms with Crippen molar-refractivity contribution in [3.63, 3.8) is 0 Å². The fourth-order valence-corrected chi connectivity index (χ4v) is 5.67. The number of nitrogens with one attached hydrogen (secondary N) is 2. The Kier molecular flexibility index (Phi) is 5.52. The molecule has 1 aromatic heterocycles. The first-order chi connectivity index (χ1) is 15.0. The van der Waals surface area contributed by atoms with Crippen LogP contribution in [0.5, 0.6) is 5.75 Å². The van der Waals surface area contributed by atoms with Crippen LogP contribution in [0.15, 0.2) is 18.2 Å². The standard InChI is InChI=1S/C23H31N5O2S/c1-23(2)15-17-20(21(29)26-23)31-22(25-17)28-12-13-30-19-14-16(6-7-18(19)28)24-8-5-11-27-9-3-4-10-27/h6-7,14,24H,3-5,8-13,15H2,1-2H3,(H,26,29). The van der Waals surface area contributed by atoms with E-state index in [0.29, 0.717) is 6.61 Å². The third-order valence-corrected chi connectivity index (χ3v) is 7.31. The SMILES string of the molecule is CC1(C)Cc2nc(N3CCOc4cc(NCCCN5CCCC5)ccc43)sc2C(=O)N1. The molecule has 0 unspecified atom stereocenters. The van der Waals surface area contributed by atoms with Gasteiger partial charge in [0.2, 0.25) is 0 Å². The molecule has 1 aromatic carbocycles. The smallest absolute Gasteiger partial charge is 0.263 e. The Morgan fingerprint density at radius 2 is 2.10 bits per heavy atom. The quantitative estimate of drug-likeness (QED) is 0.667. The topological polar surface area (TPSA) is 69.7 Å². The minimum Gasteiger partial charge on any atom is -0.489 e. The van der Waals surface area contributed by atoms with Gasteiger partial charge in [-0.2, -0.15) is 0 Å². The monoisotopic (exact) mass is 441 g/mol. The van der Waals surface area contributed by atoms with Crippen molar-refractivity contribution in [3.8, 4) is 5.75 Å². The van der Waals surface area contributed by atoms with E-state index in [1.807, 2.05) is 13.8 Å². The lowest BCUT2D eigenvalue weighted by Crippen LogP contribution is -2.48. The zero-order chi connectivity index (χ0) is 21.4. The number of anilines is 3. The molecule has 7 nitrogen and oxygen atoms in total. The van der Waals surface area contributed by atoms with E-state index >= 15 is 0 Å². The number of amides is 1. The van der Waals surface area contributed by atoms with E-state index in [1.54, 1.807) is 0 Å². The molecule has 31 heavy (non-hydrogen) atoms. The molecule has 1 fully saturated rings. The first kappa shape index (κ1) is 20.6. The summed E-state index contributed by atoms with van der Waals surface area (Å²) < 4.78 is 5.97. The van der Waals surface area contributed by atoms with Crippen LogP contribution in [0.3, 0.4) is 0 Å². The van der Waals surface area contributed by atoms with Crippen LogP contribution in [-0.2, 0) is 6.42 Å². The van der Waals surface area contributed by atoms with E-state index in [2.05, 4.69) is 38.6 Å². The summed E-state index contributed by atoms with van der Waals surface area (Å²) in [6.45, 7) is 10.0. The van der Waals surface area contributed by atoms with Gasteiger partial charge >= 0.3 is 0 Å². The molecule has 0 atom stereocenters. The van der Waals surface area contributed by atoms with Crippen LogP contribution < -0.4 is 20.3 Å². The van der Waals surface area contributed by atoms with Gasteiger partial charge in [0.1, 0.15) is 17.2 Å². The van der Waals surface area contributed by atoms with Crippen molar-refractivity contribution < 1.29 is 9.53 Å². The average molecular weight is 442 g/mol. The molecule has 0 saturated carbocycles. The third kappa shape index (κ3) is 4.36. The first-order valence-electron chi connectivity index (χ1n) is 11.3. The molecule has 0 aliphatic carbocycles. The van der Waals surface area contributed by atoms with Crippen LogP contribution in [0.4, 0.5) is 16.5 Å². The highest BCUT2D eigenvalue weighted by Crippen LogP contribution is 2.41. The van der Waals surface area contributed by atoms with Crippen molar-refractivity contribution in [1.82, 2.24) is 15.2 Å². The number of carbonyl (C=O) groups excluding carboxylic acids is 1. The number of thiazole rings is 1. The Bertz CT molecular complexity index is 967. The first-order valence-corrected chi connectivity index (χ1v) is 12.1. The predicted octanol–water partition coefficient (Wildman–Crippen LogP) is 3.64. The average Bonchev–Trinajstić information content (AvgIpc) is 3.39. The van der Waals surface area contributed by atoms with Gasteiger partial charge < -0.3 is 25.2 Å². The lowest BCUT2D eigenvalue weighted by atomic mass is 9.94. The molecule has 8 heteroatoms. The summed E-state index contributed by atoms with van der Waals surface area (Å²) in [5.41, 5.74) is 2.74. The van der Waals surface area contributed by atoms with Gasteiger partial charge in [0.05, 0.1) is 17.9 Å². The van der Waals surface area contributed by atoms with Crippen LogP contribution in [0.25, 0.3) is 0 Å². The van der Waals surface area contributed by atoms with Crippen LogP contribution >= 0.6 is 11.3 Å². The molecule has 3 aliphatic rings. The number of hydrogen-bond acceptors (Lipinski definition) is 7. The van der Waals surface area contributed by atoms with Crippen molar-refractivity contribution in [1.29, 1.82) is 0 Å². The summed E-state index contributed by atoms with van der Waals surface area (Å²) in [6.07, 6.45) is 4.59. The summed E-state index contributed by atoms with van der Waals surface area (Å²) in [5, 5.41) is 7.48. The fraction of sp³-hybridized carbons (Fsp3) is 0.565. The molecule has 166 valence electrons. The van der Waals surface area contributed by atoms with Crippen molar-refractivity contribution >= 4 is 33.8 Å². The number of hydrogen-bond donors (Lipinski definition) is 2. The van der Waals surface area contributed by atoms with Crippen LogP contribution in [-0.4, -0.2) is 60.7 Å². The Morgan fingerprint density at radius 3 is 2.94 bits per heavy atom. The van der Waals surface area contributed by atoms with E-state index in [0.717, 1.165) is 58.8 Å². The van der Waals surface area contributed by atoms with E-state index in [9.17, 15) is 4.79 Å². The molecule has 1 amide bonds. The minimum absolute atomic E-state index is 0.0167. The lowest BCUT2D eigenvalue weighted by molar-refractivity contribution is 0.0901. The van der Waals surface area contributed by atoms with Crippen LogP contribution in [0.1, 0.15) is 48.5 Å². The van der Waals surface area contributed by atoms with Gasteiger partial charge in [-0.25, -0.2) is 4.98 Å². The zero-order valence-electron chi connectivity index (χ0n) is 18.4. The Balaban J connectivity index is 1.28. The fourth-order valence-electron chi connectivity index (χ4n) is 4.65. The van der Waals surface area contributed by atoms with Gasteiger partial charge in [-0.15, -0.1) is 0 Å². The van der Waals surface area contributed by atoms with Gasteiger partial charge in [0, 0.05) is 30.3 Å². The van der Waals surface area contributed by atoms with Gasteiger partial charge in [-0.1, -0.05) is 11.3 Å². The summed E-state index contributed by atoms with van der Waals surface area (Å²) in [5.74, 6) is 0.853. The number of benzene rings is 1. The van der Waals surface area contributed by atoms with Gasteiger partial charge in [0.15, 0.2) is 5.13 Å². The third-order valence-electron chi connectivity index (χ3n) is 6.19. The normalized spacial score (nSPS) is 20.1. The van der Waals surface area contributed by atoms with E-state index < -0.39 is 0 Å². The van der Waals surface area contributed by atoms with Crippen molar-refractivity contribution in [2.45, 2.75) is 45.1 Å². The number of fused-ring (bicyclic) bond motifs is 2. The lowest BCUT2D eigenvalue weighted by Gasteiger charge is -2.29. The maximum Gasteiger partial charge on any atom is 0.263 e. The van der Waals surface area contributed by atoms with E-state index in [-0.39, 0.29) is 11.4 Å². The molecular formula is C23H31N5O2S. The largest absolute Gasteiger partial charge is 0.489 e. The molecule has 4 heterocycles. The summed E-state index contributed by atoms with van der Waals surface area (Å²) in [7, 11) is 0. The minimum atomic E-state index is -0.256. The Labute approximate surface area is 187 Å². The maximum atomic E-state index is 12.5. The highest BCUT2D eigenvalue weighted by molar-refractivity contribution is 7.17. The Morgan fingerprint density at radius 1 is 1.26 bits per heavy atom. The molecule has 5 rings (SSSR count). The van der Waals surface area contributed by atoms with Crippen molar-refractivity contribution in [2.24, 2.45) is 0 Å². The molecule has 2 aromatic rings. The van der Waals surface area contributed by atoms with Crippen molar-refractivity contribution in [3.05, 3.63) is 28.8 Å². The number of nitrogens with zero attached hydrogens (tertiary/aromatic N) is 3. The molecule has 3 aliphatic heterocycles. The van der Waals surface area contributed by atoms with E-state index in [4.69, 9.17) is 9.72 Å². The highest BCUT2D eigenvalue weighted by atomic mass is 32.1. The second-order valence-electron chi connectivity index (χ2n) is 9.30. The second-order valence-corrected chi connectivity index (χ2v) is 10.3. The van der Waals surface area contributed by atoms with Crippen LogP contribution in [0.2, 0.25) is 0 Å². The number of rotatable bonds is 6. The molecule has 0 radical (unpaired) electrons. The van der Waals surface area contributed by atoms with Crippen LogP contribution in [0, 0.1) is 0 Å². The molecule has 0 bridgehead atoms. The summed E-state index contributed by atoms with van der Waals surface area (Å²) >= 11 is 1.47. The number of likely N-dealkylation sites (tertiary alicyclic amines) is 1. The molecule has 1 saturated heterocycles. The molecule has 0 spiro atoms. The maximum absolute atomic E-state index is 12.5. The summed E-state index contributed by atoms with van der Waals surface area (Å²) in [6, 6.07) is 6.29. The number of aromatic nitrogens is 1. The predicted molar refractivity (Wildman–Crippen MR) is 125 cm³/mol. The summed E-state index contributed by atoms with van der Waals surface area (Å²) in [4.78, 5) is 22.8. The van der Waals surface area contributed by atoms with Crippen molar-refractivity contribution in [2.75, 3.05) is 49.5 Å². The molecule has 2 N–H and O–H groups in total. The number of ether oxygens (including phenoxy) is 1. The zero-order valence-corrected chi connectivity index (χ0v) is 19.2. The molecular weight excluding hydrogens is 410 g/mol. The van der Waals surface area contributed by atoms with Gasteiger partial charge in [0.25, 0.3) is 5.91 Å². The van der Waals surface area contributed by atoms with E-state index in [1.165, 1.54) is 43.8 Å². The highest BCUT2D eigenvalue weighted by Gasteiger charge is 2.34. The number of carbonyl (C=O) groups is 1. The van der Waals surface area contributed by atoms with Gasteiger partial charge in [-0.3, -0.25) is 4.79 Å². The second kappa shape index (κ2) is 8.31. The van der Waals surface area contributed by atoms with Gasteiger partial charge in [-0.05, 0) is 64.9 Å².